The third-order valence-electron chi connectivity index (χ3n) is 2.61. The van der Waals surface area contributed by atoms with Gasteiger partial charge in [0.25, 0.3) is 0 Å². The summed E-state index contributed by atoms with van der Waals surface area (Å²) in [6.45, 7) is 1.19. The second-order valence-corrected chi connectivity index (χ2v) is 4.42. The molecule has 2 nitrogen and oxygen atoms in total. The van der Waals surface area contributed by atoms with E-state index < -0.39 is 5.41 Å². The average Bonchev–Trinajstić information content (AvgIpc) is 2.67. The van der Waals surface area contributed by atoms with Crippen LogP contribution in [0.25, 0.3) is 0 Å². The highest BCUT2D eigenvalue weighted by atomic mass is 79.9. The van der Waals surface area contributed by atoms with E-state index in [1.807, 2.05) is 24.3 Å². The Bertz CT molecular complexity index is 377. The number of hydrogen-bond acceptors (Lipinski definition) is 2. The molecule has 0 aromatic heterocycles. The highest BCUT2D eigenvalue weighted by Gasteiger charge is 2.36. The van der Waals surface area contributed by atoms with Gasteiger partial charge in [0.1, 0.15) is 5.41 Å². The van der Waals surface area contributed by atoms with E-state index in [2.05, 4.69) is 22.0 Å². The van der Waals surface area contributed by atoms with Gasteiger partial charge in [0.15, 0.2) is 0 Å². The molecule has 1 aromatic carbocycles. The predicted octanol–water partition coefficient (Wildman–Crippen LogP) is 2.63. The molecule has 2 rings (SSSR count). The number of ether oxygens (including phenoxy) is 1. The molecule has 0 N–H and O–H groups in total. The molecule has 0 saturated carbocycles. The standard InChI is InChI=1S/C11H10BrNO/c12-10-3-1-2-9(6-10)11(7-13)4-5-14-8-11/h1-3,6H,4-5,8H2/t11-/m0/s1. The van der Waals surface area contributed by atoms with Crippen LogP contribution < -0.4 is 0 Å². The molecule has 0 aliphatic carbocycles. The minimum absolute atomic E-state index is 0.427. The molecule has 0 radical (unpaired) electrons. The summed E-state index contributed by atoms with van der Waals surface area (Å²) in [4.78, 5) is 0. The first-order chi connectivity index (χ1) is 6.77. The largest absolute Gasteiger partial charge is 0.379 e. The first-order valence-corrected chi connectivity index (χ1v) is 5.31. The van der Waals surface area contributed by atoms with Gasteiger partial charge in [-0.3, -0.25) is 0 Å². The summed E-state index contributed by atoms with van der Waals surface area (Å²) in [7, 11) is 0. The van der Waals surface area contributed by atoms with Crippen molar-refractivity contribution in [3.05, 3.63) is 34.3 Å². The van der Waals surface area contributed by atoms with E-state index in [9.17, 15) is 5.26 Å². The minimum atomic E-state index is -0.427. The predicted molar refractivity (Wildman–Crippen MR) is 56.9 cm³/mol. The van der Waals surface area contributed by atoms with Gasteiger partial charge in [-0.1, -0.05) is 28.1 Å². The van der Waals surface area contributed by atoms with E-state index in [0.29, 0.717) is 13.2 Å². The van der Waals surface area contributed by atoms with Crippen LogP contribution in [0.2, 0.25) is 0 Å². The van der Waals surface area contributed by atoms with Gasteiger partial charge in [-0.2, -0.15) is 5.26 Å². The highest BCUT2D eigenvalue weighted by Crippen LogP contribution is 2.33. The van der Waals surface area contributed by atoms with Crippen LogP contribution in [-0.4, -0.2) is 13.2 Å². The fourth-order valence-electron chi connectivity index (χ4n) is 1.73. The number of nitrogens with zero attached hydrogens (tertiary/aromatic N) is 1. The quantitative estimate of drug-likeness (QED) is 0.769. The topological polar surface area (TPSA) is 33.0 Å². The normalized spacial score (nSPS) is 26.0. The molecule has 1 aromatic rings. The zero-order valence-electron chi connectivity index (χ0n) is 7.66. The van der Waals surface area contributed by atoms with E-state index in [1.165, 1.54) is 0 Å². The van der Waals surface area contributed by atoms with Crippen molar-refractivity contribution < 1.29 is 4.74 Å². The monoisotopic (exact) mass is 251 g/mol. The third-order valence-corrected chi connectivity index (χ3v) is 3.11. The van der Waals surface area contributed by atoms with Gasteiger partial charge in [-0.15, -0.1) is 0 Å². The zero-order chi connectivity index (χ0) is 10.0. The maximum absolute atomic E-state index is 9.22. The Morgan fingerprint density at radius 1 is 1.50 bits per heavy atom. The zero-order valence-corrected chi connectivity index (χ0v) is 9.25. The number of hydrogen-bond donors (Lipinski definition) is 0. The number of benzene rings is 1. The molecular weight excluding hydrogens is 242 g/mol. The van der Waals surface area contributed by atoms with Crippen molar-refractivity contribution in [2.75, 3.05) is 13.2 Å². The molecule has 72 valence electrons. The Kier molecular flexibility index (Phi) is 2.58. The second kappa shape index (κ2) is 3.72. The van der Waals surface area contributed by atoms with Crippen LogP contribution in [0.3, 0.4) is 0 Å². The SMILES string of the molecule is N#C[C@@]1(c2cccc(Br)c2)CCOC1. The third kappa shape index (κ3) is 1.56. The van der Waals surface area contributed by atoms with Gasteiger partial charge in [0, 0.05) is 11.1 Å². The van der Waals surface area contributed by atoms with Crippen molar-refractivity contribution in [3.63, 3.8) is 0 Å². The molecule has 1 fully saturated rings. The van der Waals surface area contributed by atoms with Crippen LogP contribution in [0.4, 0.5) is 0 Å². The number of rotatable bonds is 1. The van der Waals surface area contributed by atoms with Crippen molar-refractivity contribution in [2.24, 2.45) is 0 Å². The van der Waals surface area contributed by atoms with Crippen LogP contribution in [-0.2, 0) is 10.2 Å². The lowest BCUT2D eigenvalue weighted by molar-refractivity contribution is 0.186. The lowest BCUT2D eigenvalue weighted by atomic mass is 9.81. The summed E-state index contributed by atoms with van der Waals surface area (Å²) in [5, 5.41) is 9.22. The van der Waals surface area contributed by atoms with Gasteiger partial charge < -0.3 is 4.74 Å². The summed E-state index contributed by atoms with van der Waals surface area (Å²) in [6.07, 6.45) is 0.792. The fraction of sp³-hybridized carbons (Fsp3) is 0.364. The first kappa shape index (κ1) is 9.70. The van der Waals surface area contributed by atoms with Crippen molar-refractivity contribution in [1.82, 2.24) is 0 Å². The van der Waals surface area contributed by atoms with Crippen molar-refractivity contribution >= 4 is 15.9 Å². The van der Waals surface area contributed by atoms with E-state index in [1.54, 1.807) is 0 Å². The Morgan fingerprint density at radius 3 is 2.93 bits per heavy atom. The smallest absolute Gasteiger partial charge is 0.108 e. The fourth-order valence-corrected chi connectivity index (χ4v) is 2.13. The molecule has 1 saturated heterocycles. The molecule has 0 unspecified atom stereocenters. The molecule has 1 aliphatic rings. The molecule has 1 atom stereocenters. The summed E-state index contributed by atoms with van der Waals surface area (Å²) in [5.74, 6) is 0. The van der Waals surface area contributed by atoms with Gasteiger partial charge in [0.2, 0.25) is 0 Å². The van der Waals surface area contributed by atoms with Crippen LogP contribution in [0.5, 0.6) is 0 Å². The molecule has 14 heavy (non-hydrogen) atoms. The number of nitriles is 1. The Hall–Kier alpha value is -0.850. The van der Waals surface area contributed by atoms with Gasteiger partial charge >= 0.3 is 0 Å². The molecule has 1 aliphatic heterocycles. The van der Waals surface area contributed by atoms with Gasteiger partial charge in [-0.25, -0.2) is 0 Å². The van der Waals surface area contributed by atoms with Gasteiger partial charge in [-0.05, 0) is 24.1 Å². The second-order valence-electron chi connectivity index (χ2n) is 3.51. The summed E-state index contributed by atoms with van der Waals surface area (Å²) in [5.41, 5.74) is 0.621. The lowest BCUT2D eigenvalue weighted by Crippen LogP contribution is -2.23. The summed E-state index contributed by atoms with van der Waals surface area (Å²) in [6, 6.07) is 10.3. The summed E-state index contributed by atoms with van der Waals surface area (Å²) >= 11 is 3.41. The van der Waals surface area contributed by atoms with Crippen molar-refractivity contribution in [2.45, 2.75) is 11.8 Å². The maximum Gasteiger partial charge on any atom is 0.108 e. The number of halogens is 1. The Labute approximate surface area is 91.6 Å². The van der Waals surface area contributed by atoms with E-state index in [-0.39, 0.29) is 0 Å². The van der Waals surface area contributed by atoms with Crippen LogP contribution >= 0.6 is 15.9 Å². The lowest BCUT2D eigenvalue weighted by Gasteiger charge is -2.18. The molecule has 0 bridgehead atoms. The summed E-state index contributed by atoms with van der Waals surface area (Å²) < 4.78 is 6.32. The molecule has 3 heteroatoms. The van der Waals surface area contributed by atoms with E-state index in [0.717, 1.165) is 16.5 Å². The first-order valence-electron chi connectivity index (χ1n) is 4.52. The van der Waals surface area contributed by atoms with Crippen LogP contribution in [0.1, 0.15) is 12.0 Å². The van der Waals surface area contributed by atoms with Crippen LogP contribution in [0, 0.1) is 11.3 Å². The average molecular weight is 252 g/mol. The van der Waals surface area contributed by atoms with E-state index >= 15 is 0 Å². The molecule has 1 heterocycles. The molecular formula is C11H10BrNO. The Balaban J connectivity index is 2.42. The maximum atomic E-state index is 9.22. The van der Waals surface area contributed by atoms with Gasteiger partial charge in [0.05, 0.1) is 12.7 Å². The molecule has 0 amide bonds. The minimum Gasteiger partial charge on any atom is -0.379 e. The highest BCUT2D eigenvalue weighted by molar-refractivity contribution is 9.10. The van der Waals surface area contributed by atoms with E-state index in [4.69, 9.17) is 4.74 Å². The molecule has 0 spiro atoms. The van der Waals surface area contributed by atoms with Crippen molar-refractivity contribution in [1.29, 1.82) is 5.26 Å². The van der Waals surface area contributed by atoms with Crippen molar-refractivity contribution in [3.8, 4) is 6.07 Å². The Morgan fingerprint density at radius 2 is 2.36 bits per heavy atom. The van der Waals surface area contributed by atoms with Crippen LogP contribution in [0.15, 0.2) is 28.7 Å².